The van der Waals surface area contributed by atoms with E-state index in [1.807, 2.05) is 36.1 Å². The van der Waals surface area contributed by atoms with Gasteiger partial charge in [0.1, 0.15) is 0 Å². The highest BCUT2D eigenvalue weighted by molar-refractivity contribution is 6.00. The third-order valence-corrected chi connectivity index (χ3v) is 4.37. The number of carbonyl (C=O) groups excluding carboxylic acids is 2. The van der Waals surface area contributed by atoms with E-state index in [0.29, 0.717) is 0 Å². The monoisotopic (exact) mass is 288 g/mol. The number of Topliss-reactive ketones (excluding diaryl/α,β-unsaturated/α-hetero) is 1. The maximum Gasteiger partial charge on any atom is 0.237 e. The molecule has 0 spiro atoms. The van der Waals surface area contributed by atoms with Gasteiger partial charge in [0.05, 0.1) is 12.1 Å². The minimum absolute atomic E-state index is 0.00785. The highest BCUT2D eigenvalue weighted by Crippen LogP contribution is 2.22. The molecule has 0 aromatic heterocycles. The van der Waals surface area contributed by atoms with Crippen LogP contribution in [0.4, 0.5) is 0 Å². The summed E-state index contributed by atoms with van der Waals surface area (Å²) >= 11 is 0. The summed E-state index contributed by atoms with van der Waals surface area (Å²) in [5.41, 5.74) is 1.95. The van der Waals surface area contributed by atoms with Crippen LogP contribution in [0.5, 0.6) is 0 Å². The third kappa shape index (κ3) is 3.32. The summed E-state index contributed by atoms with van der Waals surface area (Å²) in [6, 6.07) is 7.34. The van der Waals surface area contributed by atoms with E-state index < -0.39 is 0 Å². The first-order valence-electron chi connectivity index (χ1n) is 7.69. The first-order valence-corrected chi connectivity index (χ1v) is 7.69. The number of hydrogen-bond donors (Lipinski definition) is 1. The quantitative estimate of drug-likeness (QED) is 0.843. The van der Waals surface area contributed by atoms with Crippen LogP contribution in [0.1, 0.15) is 42.6 Å². The largest absolute Gasteiger partial charge is 0.358 e. The lowest BCUT2D eigenvalue weighted by molar-refractivity contribution is -0.125. The number of nitrogens with zero attached hydrogens (tertiary/aromatic N) is 1. The van der Waals surface area contributed by atoms with Crippen molar-refractivity contribution in [2.75, 3.05) is 13.6 Å². The van der Waals surface area contributed by atoms with E-state index in [9.17, 15) is 9.59 Å². The van der Waals surface area contributed by atoms with E-state index in [0.717, 1.165) is 31.4 Å². The maximum absolute atomic E-state index is 12.6. The Hall–Kier alpha value is -1.68. The minimum Gasteiger partial charge on any atom is -0.358 e. The van der Waals surface area contributed by atoms with Crippen LogP contribution in [0.15, 0.2) is 24.3 Å². The molecule has 4 nitrogen and oxygen atoms in total. The molecule has 0 radical (unpaired) electrons. The zero-order valence-corrected chi connectivity index (χ0v) is 13.1. The second kappa shape index (κ2) is 6.85. The summed E-state index contributed by atoms with van der Waals surface area (Å²) in [4.78, 5) is 26.5. The van der Waals surface area contributed by atoms with Gasteiger partial charge in [0.25, 0.3) is 0 Å². The molecule has 1 aliphatic rings. The zero-order valence-electron chi connectivity index (χ0n) is 13.1. The molecular weight excluding hydrogens is 264 g/mol. The number of hydrogen-bond acceptors (Lipinski definition) is 3. The average Bonchev–Trinajstić information content (AvgIpc) is 3.02. The Kier molecular flexibility index (Phi) is 5.12. The lowest BCUT2D eigenvalue weighted by atomic mass is 10.0. The van der Waals surface area contributed by atoms with Crippen LogP contribution in [0.3, 0.4) is 0 Å². The van der Waals surface area contributed by atoms with Crippen LogP contribution in [0.2, 0.25) is 0 Å². The van der Waals surface area contributed by atoms with Crippen molar-refractivity contribution in [3.63, 3.8) is 0 Å². The molecule has 1 N–H and O–H groups in total. The molecule has 0 saturated carbocycles. The summed E-state index contributed by atoms with van der Waals surface area (Å²) < 4.78 is 0. The van der Waals surface area contributed by atoms with Crippen LogP contribution in [-0.4, -0.2) is 42.3 Å². The molecule has 1 saturated heterocycles. The number of likely N-dealkylation sites (N-methyl/N-ethyl adjacent to an activating group) is 1. The molecule has 2 unspecified atom stereocenters. The average molecular weight is 288 g/mol. The van der Waals surface area contributed by atoms with Gasteiger partial charge in [-0.1, -0.05) is 31.2 Å². The molecule has 1 aromatic rings. The van der Waals surface area contributed by atoms with Gasteiger partial charge in [-0.05, 0) is 38.3 Å². The molecule has 4 heteroatoms. The van der Waals surface area contributed by atoms with Gasteiger partial charge in [-0.3, -0.25) is 14.5 Å². The fraction of sp³-hybridized carbons (Fsp3) is 0.529. The first kappa shape index (κ1) is 15.7. The molecule has 1 aliphatic heterocycles. The van der Waals surface area contributed by atoms with Crippen molar-refractivity contribution in [2.45, 2.75) is 45.2 Å². The second-order valence-corrected chi connectivity index (χ2v) is 5.60. The molecule has 1 fully saturated rings. The fourth-order valence-electron chi connectivity index (χ4n) is 3.00. The van der Waals surface area contributed by atoms with Gasteiger partial charge in [0.2, 0.25) is 5.91 Å². The number of rotatable bonds is 5. The first-order chi connectivity index (χ1) is 10.1. The minimum atomic E-state index is -0.262. The normalized spacial score (nSPS) is 20.2. The fourth-order valence-corrected chi connectivity index (χ4v) is 3.00. The molecule has 1 heterocycles. The summed E-state index contributed by atoms with van der Waals surface area (Å²) in [6.07, 6.45) is 2.76. The van der Waals surface area contributed by atoms with Crippen molar-refractivity contribution < 1.29 is 9.59 Å². The Balaban J connectivity index is 2.12. The molecule has 1 aromatic carbocycles. The highest BCUT2D eigenvalue weighted by Gasteiger charge is 2.35. The molecule has 2 atom stereocenters. The SMILES string of the molecule is CCc1ccc(C(=O)C(C)N2CCCC2C(=O)NC)cc1. The van der Waals surface area contributed by atoms with E-state index >= 15 is 0 Å². The highest BCUT2D eigenvalue weighted by atomic mass is 16.2. The van der Waals surface area contributed by atoms with Gasteiger partial charge >= 0.3 is 0 Å². The van der Waals surface area contributed by atoms with E-state index in [1.165, 1.54) is 5.56 Å². The maximum atomic E-state index is 12.6. The standard InChI is InChI=1S/C17H24N2O2/c1-4-13-7-9-14(10-8-13)16(20)12(2)19-11-5-6-15(19)17(21)18-3/h7-10,12,15H,4-6,11H2,1-3H3,(H,18,21). The van der Waals surface area contributed by atoms with Crippen LogP contribution < -0.4 is 5.32 Å². The van der Waals surface area contributed by atoms with Gasteiger partial charge in [-0.15, -0.1) is 0 Å². The van der Waals surface area contributed by atoms with Crippen molar-refractivity contribution in [1.29, 1.82) is 0 Å². The molecule has 2 rings (SSSR count). The van der Waals surface area contributed by atoms with Gasteiger partial charge < -0.3 is 5.32 Å². The Morgan fingerprint density at radius 3 is 2.57 bits per heavy atom. The molecule has 1 amide bonds. The van der Waals surface area contributed by atoms with E-state index in [1.54, 1.807) is 7.05 Å². The number of benzene rings is 1. The van der Waals surface area contributed by atoms with Crippen LogP contribution in [0.25, 0.3) is 0 Å². The van der Waals surface area contributed by atoms with Crippen molar-refractivity contribution >= 4 is 11.7 Å². The lowest BCUT2D eigenvalue weighted by Gasteiger charge is -2.28. The number of carbonyl (C=O) groups is 2. The van der Waals surface area contributed by atoms with Gasteiger partial charge in [0, 0.05) is 12.6 Å². The molecule has 0 bridgehead atoms. The summed E-state index contributed by atoms with van der Waals surface area (Å²) in [5, 5.41) is 2.69. The van der Waals surface area contributed by atoms with Gasteiger partial charge in [-0.2, -0.15) is 0 Å². The second-order valence-electron chi connectivity index (χ2n) is 5.60. The molecular formula is C17H24N2O2. The number of aryl methyl sites for hydroxylation is 1. The summed E-state index contributed by atoms with van der Waals surface area (Å²) in [5.74, 6) is 0.0990. The molecule has 114 valence electrons. The van der Waals surface area contributed by atoms with Gasteiger partial charge in [0.15, 0.2) is 5.78 Å². The number of nitrogens with one attached hydrogen (secondary N) is 1. The zero-order chi connectivity index (χ0) is 15.4. The Bertz CT molecular complexity index is 510. The van der Waals surface area contributed by atoms with Crippen molar-refractivity contribution in [3.8, 4) is 0 Å². The summed E-state index contributed by atoms with van der Waals surface area (Å²) in [6.45, 7) is 4.80. The Labute approximate surface area is 126 Å². The predicted molar refractivity (Wildman–Crippen MR) is 83.4 cm³/mol. The Morgan fingerprint density at radius 2 is 2.00 bits per heavy atom. The van der Waals surface area contributed by atoms with Gasteiger partial charge in [-0.25, -0.2) is 0 Å². The van der Waals surface area contributed by atoms with Crippen LogP contribution >= 0.6 is 0 Å². The van der Waals surface area contributed by atoms with Crippen LogP contribution in [-0.2, 0) is 11.2 Å². The van der Waals surface area contributed by atoms with E-state index in [2.05, 4.69) is 12.2 Å². The molecule has 21 heavy (non-hydrogen) atoms. The third-order valence-electron chi connectivity index (χ3n) is 4.37. The van der Waals surface area contributed by atoms with Crippen molar-refractivity contribution in [3.05, 3.63) is 35.4 Å². The van der Waals surface area contributed by atoms with E-state index in [4.69, 9.17) is 0 Å². The Morgan fingerprint density at radius 1 is 1.33 bits per heavy atom. The smallest absolute Gasteiger partial charge is 0.237 e. The van der Waals surface area contributed by atoms with Crippen molar-refractivity contribution in [1.82, 2.24) is 10.2 Å². The number of likely N-dealkylation sites (tertiary alicyclic amines) is 1. The topological polar surface area (TPSA) is 49.4 Å². The van der Waals surface area contributed by atoms with Crippen molar-refractivity contribution in [2.24, 2.45) is 0 Å². The number of ketones is 1. The predicted octanol–water partition coefficient (Wildman–Crippen LogP) is 2.03. The van der Waals surface area contributed by atoms with E-state index in [-0.39, 0.29) is 23.8 Å². The number of amides is 1. The molecule has 0 aliphatic carbocycles. The lowest BCUT2D eigenvalue weighted by Crippen LogP contribution is -2.48. The summed E-state index contributed by atoms with van der Waals surface area (Å²) in [7, 11) is 1.65. The van der Waals surface area contributed by atoms with Crippen LogP contribution in [0, 0.1) is 0 Å².